The van der Waals surface area contributed by atoms with Crippen LogP contribution in [-0.2, 0) is 0 Å². The average molecular weight is 543 g/mol. The maximum atomic E-state index is 12.7. The van der Waals surface area contributed by atoms with Crippen molar-refractivity contribution in [2.45, 2.75) is 46.0 Å². The van der Waals surface area contributed by atoms with E-state index >= 15 is 0 Å². The van der Waals surface area contributed by atoms with E-state index in [0.717, 1.165) is 24.8 Å². The second-order valence-electron chi connectivity index (χ2n) is 9.17. The van der Waals surface area contributed by atoms with Crippen molar-refractivity contribution in [1.29, 1.82) is 5.26 Å². The van der Waals surface area contributed by atoms with Crippen molar-refractivity contribution in [2.24, 2.45) is 5.73 Å². The summed E-state index contributed by atoms with van der Waals surface area (Å²) in [5.41, 5.74) is 8.37. The maximum absolute atomic E-state index is 12.7. The number of nitrogens with two attached hydrogens (primary N) is 1. The van der Waals surface area contributed by atoms with Gasteiger partial charge in [0, 0.05) is 11.6 Å². The monoisotopic (exact) mass is 542 g/mol. The van der Waals surface area contributed by atoms with Crippen LogP contribution in [0, 0.1) is 11.3 Å². The molecule has 0 spiro atoms. The topological polar surface area (TPSA) is 113 Å². The number of unbranched alkanes of at least 4 members (excludes halogenated alkanes) is 2. The van der Waals surface area contributed by atoms with Crippen LogP contribution in [0.25, 0.3) is 0 Å². The molecule has 0 aromatic heterocycles. The van der Waals surface area contributed by atoms with Gasteiger partial charge in [-0.3, -0.25) is 0 Å². The highest BCUT2D eigenvalue weighted by Crippen LogP contribution is 2.45. The number of nitrogens with zero attached hydrogens (tertiary/aromatic N) is 1. The van der Waals surface area contributed by atoms with Crippen LogP contribution >= 0.6 is 0 Å². The van der Waals surface area contributed by atoms with Crippen molar-refractivity contribution in [1.82, 2.24) is 0 Å². The van der Waals surface area contributed by atoms with E-state index in [1.807, 2.05) is 32.0 Å². The quantitative estimate of drug-likeness (QED) is 0.157. The Kier molecular flexibility index (Phi) is 9.53. The fourth-order valence-electron chi connectivity index (χ4n) is 4.49. The van der Waals surface area contributed by atoms with Crippen molar-refractivity contribution < 1.29 is 28.5 Å². The number of hydrogen-bond donors (Lipinski definition) is 1. The van der Waals surface area contributed by atoms with Gasteiger partial charge in [0.25, 0.3) is 0 Å². The highest BCUT2D eigenvalue weighted by molar-refractivity contribution is 5.91. The first-order valence-corrected chi connectivity index (χ1v) is 13.5. The molecule has 8 heteroatoms. The third kappa shape index (κ3) is 6.49. The number of carbonyl (C=O) groups excluding carboxylic acids is 1. The van der Waals surface area contributed by atoms with E-state index in [0.29, 0.717) is 53.9 Å². The zero-order valence-corrected chi connectivity index (χ0v) is 23.1. The lowest BCUT2D eigenvalue weighted by Gasteiger charge is -2.27. The summed E-state index contributed by atoms with van der Waals surface area (Å²) in [6.07, 6.45) is 3.16. The molecule has 1 atom stereocenters. The van der Waals surface area contributed by atoms with Crippen molar-refractivity contribution in [2.75, 3.05) is 19.8 Å². The molecule has 0 amide bonds. The maximum Gasteiger partial charge on any atom is 0.343 e. The van der Waals surface area contributed by atoms with Crippen LogP contribution in [0.1, 0.15) is 67.4 Å². The molecule has 0 saturated heterocycles. The Balaban J connectivity index is 1.61. The summed E-state index contributed by atoms with van der Waals surface area (Å²) in [5, 5.41) is 9.96. The fourth-order valence-corrected chi connectivity index (χ4v) is 4.49. The zero-order chi connectivity index (χ0) is 28.5. The normalized spacial score (nSPS) is 14.0. The van der Waals surface area contributed by atoms with Crippen LogP contribution in [0.3, 0.4) is 0 Å². The Hall–Kier alpha value is -4.64. The van der Waals surface area contributed by atoms with E-state index in [1.165, 1.54) is 0 Å². The summed E-state index contributed by atoms with van der Waals surface area (Å²) < 4.78 is 28.7. The van der Waals surface area contributed by atoms with Gasteiger partial charge in [0.2, 0.25) is 5.88 Å². The first-order valence-electron chi connectivity index (χ1n) is 13.5. The van der Waals surface area contributed by atoms with Gasteiger partial charge >= 0.3 is 5.97 Å². The fraction of sp³-hybridized carbons (Fsp3) is 0.312. The first-order chi connectivity index (χ1) is 19.5. The summed E-state index contributed by atoms with van der Waals surface area (Å²) in [4.78, 5) is 12.7. The van der Waals surface area contributed by atoms with Crippen LogP contribution in [0.5, 0.6) is 28.7 Å². The molecular weight excluding hydrogens is 508 g/mol. The number of fused-ring (bicyclic) bond motifs is 1. The number of allylic oxidation sites excluding steroid dienone is 1. The molecular formula is C32H34N2O6. The number of benzene rings is 3. The Morgan fingerprint density at radius 1 is 0.900 bits per heavy atom. The van der Waals surface area contributed by atoms with Crippen LogP contribution < -0.4 is 29.4 Å². The molecule has 0 bridgehead atoms. The van der Waals surface area contributed by atoms with Crippen molar-refractivity contribution in [3.05, 3.63) is 88.8 Å². The van der Waals surface area contributed by atoms with Crippen LogP contribution in [-0.4, -0.2) is 25.8 Å². The predicted octanol–water partition coefficient (Wildman–Crippen LogP) is 6.49. The third-order valence-corrected chi connectivity index (χ3v) is 6.41. The second-order valence-corrected chi connectivity index (χ2v) is 9.17. The molecule has 8 nitrogen and oxygen atoms in total. The van der Waals surface area contributed by atoms with Gasteiger partial charge in [-0.25, -0.2) is 4.79 Å². The molecule has 0 aliphatic carbocycles. The molecule has 1 aliphatic rings. The number of hydrogen-bond acceptors (Lipinski definition) is 8. The van der Waals surface area contributed by atoms with Crippen molar-refractivity contribution in [3.63, 3.8) is 0 Å². The Bertz CT molecular complexity index is 1410. The standard InChI is InChI=1S/C32H34N2O6/c1-4-7-8-17-38-27-16-11-22(18-29(27)37-6-3)30-25-15-14-24(19-28(25)40-31(34)26(30)20-33)39-32(35)21-9-12-23(13-10-21)36-5-2/h9-16,18-19,30H,4-8,17,34H2,1-3H3. The van der Waals surface area contributed by atoms with E-state index < -0.39 is 11.9 Å². The molecule has 2 N–H and O–H groups in total. The van der Waals surface area contributed by atoms with Gasteiger partial charge < -0.3 is 29.4 Å². The highest BCUT2D eigenvalue weighted by atomic mass is 16.5. The molecule has 0 saturated carbocycles. The van der Waals surface area contributed by atoms with Crippen molar-refractivity contribution >= 4 is 5.97 Å². The number of carbonyl (C=O) groups is 1. The largest absolute Gasteiger partial charge is 0.494 e. The molecule has 0 fully saturated rings. The Morgan fingerprint density at radius 2 is 1.65 bits per heavy atom. The number of esters is 1. The summed E-state index contributed by atoms with van der Waals surface area (Å²) in [5.74, 6) is 1.58. The van der Waals surface area contributed by atoms with E-state index in [9.17, 15) is 10.1 Å². The van der Waals surface area contributed by atoms with Crippen LogP contribution in [0.15, 0.2) is 72.1 Å². The van der Waals surface area contributed by atoms with Gasteiger partial charge in [-0.1, -0.05) is 31.9 Å². The molecule has 4 rings (SSSR count). The summed E-state index contributed by atoms with van der Waals surface area (Å²) in [6.45, 7) is 7.55. The van der Waals surface area contributed by atoms with Gasteiger partial charge in [-0.2, -0.15) is 5.26 Å². The highest BCUT2D eigenvalue weighted by Gasteiger charge is 2.32. The lowest BCUT2D eigenvalue weighted by Crippen LogP contribution is -2.21. The Morgan fingerprint density at radius 3 is 2.35 bits per heavy atom. The zero-order valence-electron chi connectivity index (χ0n) is 23.1. The SMILES string of the molecule is CCCCCOc1ccc(C2C(C#N)=C(N)Oc3cc(OC(=O)c4ccc(OCC)cc4)ccc32)cc1OCC. The lowest BCUT2D eigenvalue weighted by atomic mass is 9.83. The second kappa shape index (κ2) is 13.4. The minimum absolute atomic E-state index is 0.00663. The predicted molar refractivity (Wildman–Crippen MR) is 151 cm³/mol. The molecule has 1 heterocycles. The number of ether oxygens (including phenoxy) is 5. The third-order valence-electron chi connectivity index (χ3n) is 6.41. The summed E-state index contributed by atoms with van der Waals surface area (Å²) >= 11 is 0. The number of rotatable bonds is 12. The molecule has 3 aromatic rings. The average Bonchev–Trinajstić information content (AvgIpc) is 2.96. The van der Waals surface area contributed by atoms with E-state index in [-0.39, 0.29) is 17.2 Å². The van der Waals surface area contributed by atoms with Gasteiger partial charge in [-0.05, 0) is 68.3 Å². The molecule has 1 aliphatic heterocycles. The van der Waals surface area contributed by atoms with Crippen LogP contribution in [0.2, 0.25) is 0 Å². The van der Waals surface area contributed by atoms with Gasteiger partial charge in [0.1, 0.15) is 28.9 Å². The van der Waals surface area contributed by atoms with Crippen LogP contribution in [0.4, 0.5) is 0 Å². The first kappa shape index (κ1) is 28.4. The Labute approximate surface area is 234 Å². The lowest BCUT2D eigenvalue weighted by molar-refractivity contribution is 0.0734. The van der Waals surface area contributed by atoms with E-state index in [2.05, 4.69) is 13.0 Å². The molecule has 0 radical (unpaired) electrons. The number of nitriles is 1. The van der Waals surface area contributed by atoms with Crippen molar-refractivity contribution in [3.8, 4) is 34.8 Å². The molecule has 40 heavy (non-hydrogen) atoms. The summed E-state index contributed by atoms with van der Waals surface area (Å²) in [6, 6.07) is 19.6. The van der Waals surface area contributed by atoms with Gasteiger partial charge in [0.15, 0.2) is 11.5 Å². The minimum atomic E-state index is -0.521. The van der Waals surface area contributed by atoms with Gasteiger partial charge in [-0.15, -0.1) is 0 Å². The molecule has 208 valence electrons. The molecule has 1 unspecified atom stereocenters. The smallest absolute Gasteiger partial charge is 0.343 e. The summed E-state index contributed by atoms with van der Waals surface area (Å²) in [7, 11) is 0. The minimum Gasteiger partial charge on any atom is -0.494 e. The van der Waals surface area contributed by atoms with E-state index in [1.54, 1.807) is 42.5 Å². The van der Waals surface area contributed by atoms with E-state index in [4.69, 9.17) is 29.4 Å². The van der Waals surface area contributed by atoms with Gasteiger partial charge in [0.05, 0.1) is 31.3 Å². The molecule has 3 aromatic carbocycles.